The van der Waals surface area contributed by atoms with Gasteiger partial charge in [0.25, 0.3) is 0 Å². The van der Waals surface area contributed by atoms with Crippen LogP contribution >= 0.6 is 11.6 Å². The van der Waals surface area contributed by atoms with Crippen molar-refractivity contribution >= 4 is 23.2 Å². The van der Waals surface area contributed by atoms with E-state index in [9.17, 15) is 0 Å². The van der Waals surface area contributed by atoms with E-state index < -0.39 is 0 Å². The fourth-order valence-corrected chi connectivity index (χ4v) is 2.88. The summed E-state index contributed by atoms with van der Waals surface area (Å²) in [5.41, 5.74) is 1.20. The summed E-state index contributed by atoms with van der Waals surface area (Å²) < 4.78 is 0. The Labute approximate surface area is 131 Å². The molecule has 0 aromatic heterocycles. The highest BCUT2D eigenvalue weighted by atomic mass is 35.5. The van der Waals surface area contributed by atoms with Crippen LogP contribution in [0.2, 0.25) is 5.02 Å². The van der Waals surface area contributed by atoms with E-state index in [-0.39, 0.29) is 0 Å². The van der Waals surface area contributed by atoms with E-state index >= 15 is 0 Å². The lowest BCUT2D eigenvalue weighted by Gasteiger charge is -2.20. The van der Waals surface area contributed by atoms with Gasteiger partial charge in [-0.1, -0.05) is 17.7 Å². The van der Waals surface area contributed by atoms with Gasteiger partial charge in [-0.3, -0.25) is 4.99 Å². The van der Waals surface area contributed by atoms with E-state index in [1.165, 1.54) is 18.5 Å². The molecule has 2 aliphatic rings. The van der Waals surface area contributed by atoms with Gasteiger partial charge in [-0.2, -0.15) is 0 Å². The first kappa shape index (κ1) is 14.5. The first-order valence-corrected chi connectivity index (χ1v) is 8.20. The third kappa shape index (κ3) is 4.03. The van der Waals surface area contributed by atoms with E-state index in [0.717, 1.165) is 37.0 Å². The molecule has 1 heterocycles. The summed E-state index contributed by atoms with van der Waals surface area (Å²) in [6, 6.07) is 9.17. The summed E-state index contributed by atoms with van der Waals surface area (Å²) in [5.74, 6) is 0.970. The molecule has 0 bridgehead atoms. The molecule has 1 unspecified atom stereocenters. The Morgan fingerprint density at radius 1 is 1.29 bits per heavy atom. The van der Waals surface area contributed by atoms with Crippen LogP contribution in [-0.2, 0) is 0 Å². The Balaban J connectivity index is 1.57. The van der Waals surface area contributed by atoms with E-state index in [2.05, 4.69) is 33.5 Å². The van der Waals surface area contributed by atoms with Gasteiger partial charge in [0, 0.05) is 42.4 Å². The molecule has 1 saturated carbocycles. The van der Waals surface area contributed by atoms with Gasteiger partial charge >= 0.3 is 0 Å². The van der Waals surface area contributed by atoms with Crippen LogP contribution in [0.25, 0.3) is 0 Å². The van der Waals surface area contributed by atoms with Crippen molar-refractivity contribution in [3.63, 3.8) is 0 Å². The van der Waals surface area contributed by atoms with E-state index in [1.54, 1.807) is 0 Å². The van der Waals surface area contributed by atoms with Gasteiger partial charge in [0.2, 0.25) is 0 Å². The van der Waals surface area contributed by atoms with Crippen molar-refractivity contribution in [2.45, 2.75) is 38.3 Å². The second-order valence-electron chi connectivity index (χ2n) is 5.80. The number of hydrogen-bond donors (Lipinski definition) is 2. The lowest BCUT2D eigenvalue weighted by molar-refractivity contribution is 0.646. The number of guanidine groups is 1. The summed E-state index contributed by atoms with van der Waals surface area (Å²) in [6.45, 7) is 4.94. The number of aliphatic imine (C=N–C) groups is 1. The second-order valence-corrected chi connectivity index (χ2v) is 6.23. The molecule has 1 aromatic rings. The van der Waals surface area contributed by atoms with Crippen molar-refractivity contribution in [3.05, 3.63) is 29.3 Å². The van der Waals surface area contributed by atoms with Gasteiger partial charge in [0.05, 0.1) is 0 Å². The zero-order chi connectivity index (χ0) is 14.7. The van der Waals surface area contributed by atoms with Gasteiger partial charge in [-0.05, 0) is 44.4 Å². The average Bonchev–Trinajstić information content (AvgIpc) is 3.15. The minimum absolute atomic E-state index is 0.445. The van der Waals surface area contributed by atoms with Gasteiger partial charge in [-0.15, -0.1) is 0 Å². The zero-order valence-corrected chi connectivity index (χ0v) is 13.2. The smallest absolute Gasteiger partial charge is 0.191 e. The highest BCUT2D eigenvalue weighted by Crippen LogP contribution is 2.23. The molecule has 5 heteroatoms. The Hall–Kier alpha value is -1.42. The maximum Gasteiger partial charge on any atom is 0.191 e. The predicted octanol–water partition coefficient (Wildman–Crippen LogP) is 2.64. The van der Waals surface area contributed by atoms with Gasteiger partial charge in [0.1, 0.15) is 0 Å². The standard InChI is InChI=1S/C16H23ClN4/c1-2-18-16(19-13-6-7-13)20-14-8-9-21(11-14)15-5-3-4-12(17)10-15/h3-5,10,13-14H,2,6-9,11H2,1H3,(H2,18,19,20). The molecule has 2 N–H and O–H groups in total. The Kier molecular flexibility index (Phi) is 4.54. The van der Waals surface area contributed by atoms with Crippen molar-refractivity contribution in [2.75, 3.05) is 24.5 Å². The van der Waals surface area contributed by atoms with Gasteiger partial charge in [-0.25, -0.2) is 0 Å². The van der Waals surface area contributed by atoms with E-state index in [4.69, 9.17) is 11.6 Å². The first-order valence-electron chi connectivity index (χ1n) is 7.82. The number of nitrogens with zero attached hydrogens (tertiary/aromatic N) is 2. The number of anilines is 1. The summed E-state index contributed by atoms with van der Waals surface area (Å²) in [4.78, 5) is 6.91. The van der Waals surface area contributed by atoms with E-state index in [0.29, 0.717) is 12.1 Å². The highest BCUT2D eigenvalue weighted by Gasteiger charge is 2.26. The van der Waals surface area contributed by atoms with Crippen molar-refractivity contribution in [3.8, 4) is 0 Å². The molecule has 0 amide bonds. The fourth-order valence-electron chi connectivity index (χ4n) is 2.69. The SMILES string of the molecule is CCN=C(NC1CC1)NC1CCN(c2cccc(Cl)c2)C1. The topological polar surface area (TPSA) is 39.7 Å². The first-order chi connectivity index (χ1) is 10.2. The normalized spacial score (nSPS) is 22.5. The number of hydrogen-bond acceptors (Lipinski definition) is 2. The third-order valence-corrected chi connectivity index (χ3v) is 4.17. The third-order valence-electron chi connectivity index (χ3n) is 3.94. The monoisotopic (exact) mass is 306 g/mol. The molecule has 0 radical (unpaired) electrons. The minimum Gasteiger partial charge on any atom is -0.369 e. The highest BCUT2D eigenvalue weighted by molar-refractivity contribution is 6.30. The van der Waals surface area contributed by atoms with Crippen molar-refractivity contribution < 1.29 is 0 Å². The molecular formula is C16H23ClN4. The van der Waals surface area contributed by atoms with Crippen LogP contribution in [-0.4, -0.2) is 37.7 Å². The molecule has 21 heavy (non-hydrogen) atoms. The molecule has 1 aromatic carbocycles. The second kappa shape index (κ2) is 6.56. The largest absolute Gasteiger partial charge is 0.369 e. The fraction of sp³-hybridized carbons (Fsp3) is 0.562. The quantitative estimate of drug-likeness (QED) is 0.663. The molecule has 1 aliphatic carbocycles. The summed E-state index contributed by atoms with van der Waals surface area (Å²) in [5, 5.41) is 7.85. The molecule has 1 saturated heterocycles. The lowest BCUT2D eigenvalue weighted by atomic mass is 10.2. The molecule has 3 rings (SSSR count). The number of rotatable bonds is 4. The van der Waals surface area contributed by atoms with Crippen molar-refractivity contribution in [1.29, 1.82) is 0 Å². The van der Waals surface area contributed by atoms with Crippen LogP contribution in [0.3, 0.4) is 0 Å². The molecule has 2 fully saturated rings. The van der Waals surface area contributed by atoms with Crippen molar-refractivity contribution in [1.82, 2.24) is 10.6 Å². The molecule has 1 atom stereocenters. The Morgan fingerprint density at radius 3 is 2.81 bits per heavy atom. The summed E-state index contributed by atoms with van der Waals surface area (Å²) >= 11 is 6.08. The Bertz CT molecular complexity index is 513. The van der Waals surface area contributed by atoms with Crippen molar-refractivity contribution in [2.24, 2.45) is 4.99 Å². The zero-order valence-electron chi connectivity index (χ0n) is 12.5. The maximum atomic E-state index is 6.08. The van der Waals surface area contributed by atoms with Crippen LogP contribution in [0.4, 0.5) is 5.69 Å². The van der Waals surface area contributed by atoms with E-state index in [1.807, 2.05) is 18.2 Å². The van der Waals surface area contributed by atoms with Crippen LogP contribution in [0.5, 0.6) is 0 Å². The molecule has 4 nitrogen and oxygen atoms in total. The van der Waals surface area contributed by atoms with Crippen LogP contribution in [0.15, 0.2) is 29.3 Å². The molecule has 1 aliphatic heterocycles. The average molecular weight is 307 g/mol. The van der Waals surface area contributed by atoms with Gasteiger partial charge in [0.15, 0.2) is 5.96 Å². The number of benzene rings is 1. The lowest BCUT2D eigenvalue weighted by Crippen LogP contribution is -2.45. The summed E-state index contributed by atoms with van der Waals surface area (Å²) in [6.07, 6.45) is 3.66. The van der Waals surface area contributed by atoms with Crippen LogP contribution in [0.1, 0.15) is 26.2 Å². The number of nitrogens with one attached hydrogen (secondary N) is 2. The van der Waals surface area contributed by atoms with Crippen LogP contribution in [0, 0.1) is 0 Å². The summed E-state index contributed by atoms with van der Waals surface area (Å²) in [7, 11) is 0. The van der Waals surface area contributed by atoms with Crippen LogP contribution < -0.4 is 15.5 Å². The van der Waals surface area contributed by atoms with Gasteiger partial charge < -0.3 is 15.5 Å². The number of halogens is 1. The maximum absolute atomic E-state index is 6.08. The molecule has 0 spiro atoms. The molecular weight excluding hydrogens is 284 g/mol. The predicted molar refractivity (Wildman–Crippen MR) is 89.3 cm³/mol. The Morgan fingerprint density at radius 2 is 2.10 bits per heavy atom. The molecule has 114 valence electrons. The minimum atomic E-state index is 0.445.